The fraction of sp³-hybridized carbons (Fsp3) is 0.667. The lowest BCUT2D eigenvalue weighted by molar-refractivity contribution is 0.471. The van der Waals surface area contributed by atoms with Crippen LogP contribution in [0.25, 0.3) is 0 Å². The summed E-state index contributed by atoms with van der Waals surface area (Å²) in [7, 11) is -3.43. The van der Waals surface area contributed by atoms with Crippen LogP contribution in [0, 0.1) is 13.8 Å². The normalized spacial score (nSPS) is 22.8. The number of aromatic amines is 1. The van der Waals surface area contributed by atoms with Crippen LogP contribution in [0.5, 0.6) is 0 Å². The molecule has 90 valence electrons. The molecule has 1 aromatic rings. The Morgan fingerprint density at radius 2 is 2.19 bits per heavy atom. The standard InChI is InChI=1S/C9H16N4O2S/c1-6-9(7(2)12-11-6)16(14,15)13-4-3-8(10)5-13/h8H,3-5,10H2,1-2H3,(H,11,12). The minimum atomic E-state index is -3.43. The molecule has 1 aliphatic rings. The summed E-state index contributed by atoms with van der Waals surface area (Å²) in [6, 6.07) is -0.0534. The van der Waals surface area contributed by atoms with E-state index in [-0.39, 0.29) is 6.04 Å². The number of H-pyrrole nitrogens is 1. The molecule has 1 atom stereocenters. The van der Waals surface area contributed by atoms with E-state index in [0.29, 0.717) is 29.4 Å². The molecule has 2 heterocycles. The lowest BCUT2D eigenvalue weighted by Crippen LogP contribution is -2.32. The highest BCUT2D eigenvalue weighted by Crippen LogP contribution is 2.24. The topological polar surface area (TPSA) is 92.1 Å². The Labute approximate surface area is 94.9 Å². The quantitative estimate of drug-likeness (QED) is 0.750. The predicted molar refractivity (Wildman–Crippen MR) is 59.4 cm³/mol. The molecule has 0 aliphatic carbocycles. The Morgan fingerprint density at radius 1 is 1.50 bits per heavy atom. The third kappa shape index (κ3) is 1.74. The zero-order valence-electron chi connectivity index (χ0n) is 9.40. The molecular weight excluding hydrogens is 228 g/mol. The fourth-order valence-corrected chi connectivity index (χ4v) is 3.87. The van der Waals surface area contributed by atoms with Gasteiger partial charge in [-0.1, -0.05) is 0 Å². The van der Waals surface area contributed by atoms with Gasteiger partial charge in [-0.3, -0.25) is 5.10 Å². The SMILES string of the molecule is Cc1n[nH]c(C)c1S(=O)(=O)N1CCC(N)C1. The molecule has 0 aromatic carbocycles. The van der Waals surface area contributed by atoms with E-state index in [0.717, 1.165) is 6.42 Å². The highest BCUT2D eigenvalue weighted by atomic mass is 32.2. The Hall–Kier alpha value is -0.920. The van der Waals surface area contributed by atoms with E-state index >= 15 is 0 Å². The lowest BCUT2D eigenvalue weighted by Gasteiger charge is -2.15. The van der Waals surface area contributed by atoms with Gasteiger partial charge in [0.25, 0.3) is 0 Å². The van der Waals surface area contributed by atoms with Gasteiger partial charge in [-0.15, -0.1) is 0 Å². The molecule has 3 N–H and O–H groups in total. The van der Waals surface area contributed by atoms with Crippen molar-refractivity contribution in [2.75, 3.05) is 13.1 Å². The summed E-state index contributed by atoms with van der Waals surface area (Å²) in [5.41, 5.74) is 6.82. The fourth-order valence-electron chi connectivity index (χ4n) is 2.02. The van der Waals surface area contributed by atoms with Gasteiger partial charge in [0.2, 0.25) is 10.0 Å². The second-order valence-corrected chi connectivity index (χ2v) is 6.05. The first-order valence-electron chi connectivity index (χ1n) is 5.20. The van der Waals surface area contributed by atoms with Crippen LogP contribution in [-0.2, 0) is 10.0 Å². The number of nitrogens with two attached hydrogens (primary N) is 1. The summed E-state index contributed by atoms with van der Waals surface area (Å²) in [4.78, 5) is 0.293. The molecule has 2 rings (SSSR count). The third-order valence-electron chi connectivity index (χ3n) is 2.85. The zero-order valence-corrected chi connectivity index (χ0v) is 10.2. The maximum absolute atomic E-state index is 12.3. The number of nitrogens with zero attached hydrogens (tertiary/aromatic N) is 2. The highest BCUT2D eigenvalue weighted by Gasteiger charge is 2.33. The van der Waals surface area contributed by atoms with E-state index in [1.165, 1.54) is 4.31 Å². The van der Waals surface area contributed by atoms with Crippen LogP contribution in [0.2, 0.25) is 0 Å². The maximum atomic E-state index is 12.3. The minimum absolute atomic E-state index is 0.0534. The van der Waals surface area contributed by atoms with Gasteiger partial charge in [-0.2, -0.15) is 9.40 Å². The van der Waals surface area contributed by atoms with Gasteiger partial charge in [0.05, 0.1) is 11.4 Å². The third-order valence-corrected chi connectivity index (χ3v) is 4.97. The molecular formula is C9H16N4O2S. The van der Waals surface area contributed by atoms with E-state index < -0.39 is 10.0 Å². The first-order chi connectivity index (χ1) is 7.43. The van der Waals surface area contributed by atoms with Crippen molar-refractivity contribution >= 4 is 10.0 Å². The number of aromatic nitrogens is 2. The van der Waals surface area contributed by atoms with Crippen molar-refractivity contribution in [1.29, 1.82) is 0 Å². The number of rotatable bonds is 2. The van der Waals surface area contributed by atoms with Crippen molar-refractivity contribution in [2.45, 2.75) is 31.2 Å². The lowest BCUT2D eigenvalue weighted by atomic mass is 10.3. The van der Waals surface area contributed by atoms with Crippen LogP contribution in [0.15, 0.2) is 4.90 Å². The summed E-state index contributed by atoms with van der Waals surface area (Å²) in [6.07, 6.45) is 0.717. The molecule has 1 fully saturated rings. The van der Waals surface area contributed by atoms with Crippen molar-refractivity contribution in [3.8, 4) is 0 Å². The van der Waals surface area contributed by atoms with Crippen molar-refractivity contribution in [2.24, 2.45) is 5.73 Å². The van der Waals surface area contributed by atoms with Crippen molar-refractivity contribution in [1.82, 2.24) is 14.5 Å². The molecule has 0 bridgehead atoms. The van der Waals surface area contributed by atoms with Crippen LogP contribution < -0.4 is 5.73 Å². The van der Waals surface area contributed by atoms with Gasteiger partial charge in [0, 0.05) is 19.1 Å². The summed E-state index contributed by atoms with van der Waals surface area (Å²) in [5, 5.41) is 6.60. The van der Waals surface area contributed by atoms with E-state index in [2.05, 4.69) is 10.2 Å². The van der Waals surface area contributed by atoms with Gasteiger partial charge < -0.3 is 5.73 Å². The first kappa shape index (κ1) is 11.6. The number of hydrogen-bond donors (Lipinski definition) is 2. The van der Waals surface area contributed by atoms with Gasteiger partial charge in [-0.05, 0) is 20.3 Å². The van der Waals surface area contributed by atoms with Crippen molar-refractivity contribution in [3.63, 3.8) is 0 Å². The number of nitrogens with one attached hydrogen (secondary N) is 1. The molecule has 7 heteroatoms. The number of sulfonamides is 1. The largest absolute Gasteiger partial charge is 0.326 e. The summed E-state index contributed by atoms with van der Waals surface area (Å²) in [6.45, 7) is 4.29. The van der Waals surface area contributed by atoms with Gasteiger partial charge in [-0.25, -0.2) is 8.42 Å². The Morgan fingerprint density at radius 3 is 2.62 bits per heavy atom. The van der Waals surface area contributed by atoms with Crippen molar-refractivity contribution < 1.29 is 8.42 Å². The average molecular weight is 244 g/mol. The molecule has 1 aliphatic heterocycles. The summed E-state index contributed by atoms with van der Waals surface area (Å²) >= 11 is 0. The van der Waals surface area contributed by atoms with E-state index in [1.54, 1.807) is 13.8 Å². The van der Waals surface area contributed by atoms with Gasteiger partial charge in [0.1, 0.15) is 4.90 Å². The molecule has 0 spiro atoms. The monoisotopic (exact) mass is 244 g/mol. The Balaban J connectivity index is 2.40. The van der Waals surface area contributed by atoms with Crippen LogP contribution in [-0.4, -0.2) is 42.1 Å². The van der Waals surface area contributed by atoms with Crippen LogP contribution in [0.1, 0.15) is 17.8 Å². The predicted octanol–water partition coefficient (Wildman–Crippen LogP) is -0.252. The molecule has 1 aromatic heterocycles. The second kappa shape index (κ2) is 3.83. The molecule has 6 nitrogen and oxygen atoms in total. The molecule has 0 saturated carbocycles. The smallest absolute Gasteiger partial charge is 0.246 e. The number of hydrogen-bond acceptors (Lipinski definition) is 4. The molecule has 0 amide bonds. The van der Waals surface area contributed by atoms with Crippen LogP contribution >= 0.6 is 0 Å². The highest BCUT2D eigenvalue weighted by molar-refractivity contribution is 7.89. The Kier molecular flexibility index (Phi) is 2.77. The summed E-state index contributed by atoms with van der Waals surface area (Å²) < 4.78 is 26.0. The molecule has 16 heavy (non-hydrogen) atoms. The molecule has 1 unspecified atom stereocenters. The van der Waals surface area contributed by atoms with Gasteiger partial charge in [0.15, 0.2) is 0 Å². The minimum Gasteiger partial charge on any atom is -0.326 e. The van der Waals surface area contributed by atoms with Crippen LogP contribution in [0.3, 0.4) is 0 Å². The number of aryl methyl sites for hydroxylation is 2. The molecule has 0 radical (unpaired) electrons. The maximum Gasteiger partial charge on any atom is 0.246 e. The van der Waals surface area contributed by atoms with E-state index in [1.807, 2.05) is 0 Å². The zero-order chi connectivity index (χ0) is 11.9. The van der Waals surface area contributed by atoms with E-state index in [4.69, 9.17) is 5.73 Å². The molecule has 1 saturated heterocycles. The first-order valence-corrected chi connectivity index (χ1v) is 6.64. The van der Waals surface area contributed by atoms with E-state index in [9.17, 15) is 8.42 Å². The van der Waals surface area contributed by atoms with Crippen molar-refractivity contribution in [3.05, 3.63) is 11.4 Å². The van der Waals surface area contributed by atoms with Gasteiger partial charge >= 0.3 is 0 Å². The second-order valence-electron chi connectivity index (χ2n) is 4.17. The van der Waals surface area contributed by atoms with Crippen LogP contribution in [0.4, 0.5) is 0 Å². The summed E-state index contributed by atoms with van der Waals surface area (Å²) in [5.74, 6) is 0. The average Bonchev–Trinajstić information content (AvgIpc) is 2.74. The Bertz CT molecular complexity index is 474.